The first-order valence-corrected chi connectivity index (χ1v) is 6.35. The van der Waals surface area contributed by atoms with Crippen molar-refractivity contribution in [3.8, 4) is 0 Å². The third-order valence-corrected chi connectivity index (χ3v) is 3.02. The summed E-state index contributed by atoms with van der Waals surface area (Å²) in [5, 5.41) is 12.3. The number of carbonyl (C=O) groups excluding carboxylic acids is 1. The molecule has 1 amide bonds. The summed E-state index contributed by atoms with van der Waals surface area (Å²) >= 11 is 3.33. The summed E-state index contributed by atoms with van der Waals surface area (Å²) in [6.07, 6.45) is 0.607. The third-order valence-electron chi connectivity index (χ3n) is 2.46. The van der Waals surface area contributed by atoms with Crippen LogP contribution in [0.1, 0.15) is 35.3 Å². The standard InChI is InChI=1S/C12H14BrNO3/c1-3-8-9(12(16)17)4-5-11(10(8)6-13)14-7(2)15/h4-5H,3,6H2,1-2H3,(H,14,15)(H,16,17). The molecule has 0 saturated heterocycles. The molecule has 4 nitrogen and oxygen atoms in total. The van der Waals surface area contributed by atoms with E-state index in [1.54, 1.807) is 6.07 Å². The highest BCUT2D eigenvalue weighted by molar-refractivity contribution is 9.08. The van der Waals surface area contributed by atoms with Gasteiger partial charge < -0.3 is 10.4 Å². The Bertz CT molecular complexity index is 457. The van der Waals surface area contributed by atoms with Crippen LogP contribution >= 0.6 is 15.9 Å². The van der Waals surface area contributed by atoms with E-state index in [0.717, 1.165) is 11.1 Å². The molecule has 2 N–H and O–H groups in total. The van der Waals surface area contributed by atoms with E-state index >= 15 is 0 Å². The van der Waals surface area contributed by atoms with Crippen molar-refractivity contribution in [1.82, 2.24) is 0 Å². The molecule has 0 aliphatic rings. The second-order valence-electron chi connectivity index (χ2n) is 3.59. The highest BCUT2D eigenvalue weighted by Crippen LogP contribution is 2.26. The fourth-order valence-corrected chi connectivity index (χ4v) is 2.40. The zero-order chi connectivity index (χ0) is 13.0. The number of benzene rings is 1. The number of carboxylic acids is 1. The van der Waals surface area contributed by atoms with Gasteiger partial charge in [-0.2, -0.15) is 0 Å². The van der Waals surface area contributed by atoms with Gasteiger partial charge in [-0.05, 0) is 29.7 Å². The Morgan fingerprint density at radius 3 is 2.41 bits per heavy atom. The Morgan fingerprint density at radius 1 is 1.35 bits per heavy atom. The van der Waals surface area contributed by atoms with Crippen LogP contribution < -0.4 is 5.32 Å². The lowest BCUT2D eigenvalue weighted by Gasteiger charge is -2.14. The molecule has 0 aliphatic carbocycles. The SMILES string of the molecule is CCc1c(C(=O)O)ccc(NC(C)=O)c1CBr. The largest absolute Gasteiger partial charge is 0.478 e. The van der Waals surface area contributed by atoms with Crippen LogP contribution in [0.3, 0.4) is 0 Å². The maximum Gasteiger partial charge on any atom is 0.335 e. The Morgan fingerprint density at radius 2 is 2.00 bits per heavy atom. The minimum absolute atomic E-state index is 0.169. The number of alkyl halides is 1. The van der Waals surface area contributed by atoms with Crippen LogP contribution in [0.2, 0.25) is 0 Å². The smallest absolute Gasteiger partial charge is 0.335 e. The molecule has 0 saturated carbocycles. The van der Waals surface area contributed by atoms with E-state index in [1.165, 1.54) is 13.0 Å². The zero-order valence-corrected chi connectivity index (χ0v) is 11.3. The molecule has 0 heterocycles. The number of carbonyl (C=O) groups is 2. The molecular formula is C12H14BrNO3. The Hall–Kier alpha value is -1.36. The molecule has 0 aromatic heterocycles. The van der Waals surface area contributed by atoms with E-state index in [4.69, 9.17) is 5.11 Å². The summed E-state index contributed by atoms with van der Waals surface area (Å²) in [6, 6.07) is 3.15. The average molecular weight is 300 g/mol. The van der Waals surface area contributed by atoms with Crippen molar-refractivity contribution in [3.05, 3.63) is 28.8 Å². The predicted molar refractivity (Wildman–Crippen MR) is 69.7 cm³/mol. The first-order valence-electron chi connectivity index (χ1n) is 5.22. The molecule has 0 fully saturated rings. The predicted octanol–water partition coefficient (Wildman–Crippen LogP) is 2.80. The number of nitrogens with one attached hydrogen (secondary N) is 1. The lowest BCUT2D eigenvalue weighted by molar-refractivity contribution is -0.114. The van der Waals surface area contributed by atoms with Gasteiger partial charge in [0.2, 0.25) is 5.91 Å². The van der Waals surface area contributed by atoms with Gasteiger partial charge in [-0.3, -0.25) is 4.79 Å². The van der Waals surface area contributed by atoms with Crippen LogP contribution in [-0.2, 0) is 16.5 Å². The van der Waals surface area contributed by atoms with Crippen LogP contribution in [-0.4, -0.2) is 17.0 Å². The minimum atomic E-state index is -0.946. The number of halogens is 1. The number of aromatic carboxylic acids is 1. The lowest BCUT2D eigenvalue weighted by atomic mass is 9.98. The number of carboxylic acid groups (broad SMARTS) is 1. The van der Waals surface area contributed by atoms with E-state index in [-0.39, 0.29) is 11.5 Å². The van der Waals surface area contributed by atoms with Crippen LogP contribution in [0.15, 0.2) is 12.1 Å². The minimum Gasteiger partial charge on any atom is -0.478 e. The number of rotatable bonds is 4. The maximum absolute atomic E-state index is 11.1. The molecule has 0 radical (unpaired) electrons. The molecule has 1 rings (SSSR count). The summed E-state index contributed by atoms with van der Waals surface area (Å²) in [7, 11) is 0. The second kappa shape index (κ2) is 5.82. The summed E-state index contributed by atoms with van der Waals surface area (Å²) < 4.78 is 0. The molecule has 0 unspecified atom stereocenters. The maximum atomic E-state index is 11.1. The Balaban J connectivity index is 3.37. The van der Waals surface area contributed by atoms with Crippen molar-refractivity contribution in [1.29, 1.82) is 0 Å². The van der Waals surface area contributed by atoms with E-state index in [0.29, 0.717) is 17.4 Å². The molecule has 0 aliphatic heterocycles. The molecule has 17 heavy (non-hydrogen) atoms. The Kier molecular flexibility index (Phi) is 4.69. The number of hydrogen-bond acceptors (Lipinski definition) is 2. The highest BCUT2D eigenvalue weighted by atomic mass is 79.9. The number of hydrogen-bond donors (Lipinski definition) is 2. The molecule has 1 aromatic carbocycles. The van der Waals surface area contributed by atoms with E-state index < -0.39 is 5.97 Å². The molecule has 1 aromatic rings. The Labute approximate surface area is 108 Å². The van der Waals surface area contributed by atoms with Crippen molar-refractivity contribution in [2.45, 2.75) is 25.6 Å². The van der Waals surface area contributed by atoms with Gasteiger partial charge in [-0.25, -0.2) is 4.79 Å². The molecule has 92 valence electrons. The van der Waals surface area contributed by atoms with E-state index in [9.17, 15) is 9.59 Å². The van der Waals surface area contributed by atoms with Crippen LogP contribution in [0, 0.1) is 0 Å². The number of amides is 1. The molecule has 5 heteroatoms. The average Bonchev–Trinajstić information content (AvgIpc) is 2.26. The van der Waals surface area contributed by atoms with Crippen molar-refractivity contribution in [2.75, 3.05) is 5.32 Å². The highest BCUT2D eigenvalue weighted by Gasteiger charge is 2.16. The van der Waals surface area contributed by atoms with Gasteiger partial charge in [0, 0.05) is 17.9 Å². The summed E-state index contributed by atoms with van der Waals surface area (Å²) in [4.78, 5) is 22.1. The fourth-order valence-electron chi connectivity index (χ4n) is 1.76. The van der Waals surface area contributed by atoms with Gasteiger partial charge in [0.1, 0.15) is 0 Å². The van der Waals surface area contributed by atoms with Crippen LogP contribution in [0.5, 0.6) is 0 Å². The molecular weight excluding hydrogens is 286 g/mol. The first kappa shape index (κ1) is 13.7. The third kappa shape index (κ3) is 3.06. The van der Waals surface area contributed by atoms with Gasteiger partial charge in [-0.15, -0.1) is 0 Å². The summed E-state index contributed by atoms with van der Waals surface area (Å²) in [5.74, 6) is -1.12. The first-order chi connectivity index (χ1) is 8.01. The van der Waals surface area contributed by atoms with Crippen molar-refractivity contribution in [3.63, 3.8) is 0 Å². The number of anilines is 1. The zero-order valence-electron chi connectivity index (χ0n) is 9.71. The van der Waals surface area contributed by atoms with Crippen molar-refractivity contribution >= 4 is 33.5 Å². The van der Waals surface area contributed by atoms with Gasteiger partial charge in [-0.1, -0.05) is 22.9 Å². The van der Waals surface area contributed by atoms with Gasteiger partial charge in [0.05, 0.1) is 5.56 Å². The lowest BCUT2D eigenvalue weighted by Crippen LogP contribution is -2.12. The molecule has 0 atom stereocenters. The van der Waals surface area contributed by atoms with E-state index in [2.05, 4.69) is 21.2 Å². The second-order valence-corrected chi connectivity index (χ2v) is 4.15. The molecule has 0 spiro atoms. The monoisotopic (exact) mass is 299 g/mol. The van der Waals surface area contributed by atoms with Gasteiger partial charge in [0.25, 0.3) is 0 Å². The van der Waals surface area contributed by atoms with Crippen molar-refractivity contribution in [2.24, 2.45) is 0 Å². The van der Waals surface area contributed by atoms with E-state index in [1.807, 2.05) is 6.92 Å². The fraction of sp³-hybridized carbons (Fsp3) is 0.333. The summed E-state index contributed by atoms with van der Waals surface area (Å²) in [5.41, 5.74) is 2.52. The molecule has 0 bridgehead atoms. The van der Waals surface area contributed by atoms with Crippen LogP contribution in [0.4, 0.5) is 5.69 Å². The normalized spacial score (nSPS) is 10.1. The topological polar surface area (TPSA) is 66.4 Å². The van der Waals surface area contributed by atoms with Gasteiger partial charge >= 0.3 is 5.97 Å². The van der Waals surface area contributed by atoms with Crippen LogP contribution in [0.25, 0.3) is 0 Å². The summed E-state index contributed by atoms with van der Waals surface area (Å²) in [6.45, 7) is 3.32. The van der Waals surface area contributed by atoms with Crippen molar-refractivity contribution < 1.29 is 14.7 Å². The van der Waals surface area contributed by atoms with Gasteiger partial charge in [0.15, 0.2) is 0 Å². The quantitative estimate of drug-likeness (QED) is 0.840.